The van der Waals surface area contributed by atoms with Crippen LogP contribution in [0.15, 0.2) is 85.1 Å². The first-order valence-corrected chi connectivity index (χ1v) is 9.92. The minimum Gasteiger partial charge on any atom is -0.361 e. The van der Waals surface area contributed by atoms with Crippen LogP contribution in [0.5, 0.6) is 0 Å². The molecule has 0 fully saturated rings. The molecule has 1 aromatic heterocycles. The number of hydrogen-bond acceptors (Lipinski definition) is 2. The molecule has 0 spiro atoms. The summed E-state index contributed by atoms with van der Waals surface area (Å²) in [6, 6.07) is 24.5. The first kappa shape index (κ1) is 18.2. The zero-order chi connectivity index (χ0) is 20.7. The molecule has 2 heterocycles. The lowest BCUT2D eigenvalue weighted by Gasteiger charge is -2.39. The van der Waals surface area contributed by atoms with Crippen molar-refractivity contribution >= 4 is 28.4 Å². The van der Waals surface area contributed by atoms with Gasteiger partial charge in [0, 0.05) is 30.0 Å². The Balaban J connectivity index is 1.58. The summed E-state index contributed by atoms with van der Waals surface area (Å²) in [5.41, 5.74) is 3.95. The second kappa shape index (κ2) is 7.19. The highest BCUT2D eigenvalue weighted by Gasteiger charge is 2.42. The Morgan fingerprint density at radius 1 is 0.967 bits per heavy atom. The fourth-order valence-corrected chi connectivity index (χ4v) is 4.37. The molecular formula is C25H21N3O2. The highest BCUT2D eigenvalue weighted by molar-refractivity contribution is 6.04. The van der Waals surface area contributed by atoms with Crippen LogP contribution in [0.3, 0.4) is 0 Å². The van der Waals surface area contributed by atoms with Crippen LogP contribution in [-0.4, -0.2) is 28.7 Å². The summed E-state index contributed by atoms with van der Waals surface area (Å²) >= 11 is 0. The van der Waals surface area contributed by atoms with Crippen LogP contribution in [0.4, 0.5) is 5.69 Å². The van der Waals surface area contributed by atoms with Gasteiger partial charge < -0.3 is 15.2 Å². The first-order chi connectivity index (χ1) is 14.6. The molecule has 5 rings (SSSR count). The summed E-state index contributed by atoms with van der Waals surface area (Å²) in [5.74, 6) is -0.733. The van der Waals surface area contributed by atoms with Crippen molar-refractivity contribution in [3.05, 3.63) is 102 Å². The quantitative estimate of drug-likeness (QED) is 0.527. The van der Waals surface area contributed by atoms with Crippen LogP contribution >= 0.6 is 0 Å². The van der Waals surface area contributed by atoms with Crippen molar-refractivity contribution in [1.29, 1.82) is 0 Å². The molecule has 1 aliphatic rings. The van der Waals surface area contributed by atoms with Gasteiger partial charge in [0.2, 0.25) is 5.91 Å². The van der Waals surface area contributed by atoms with E-state index in [1.807, 2.05) is 79.0 Å². The zero-order valence-electron chi connectivity index (χ0n) is 16.5. The van der Waals surface area contributed by atoms with Gasteiger partial charge >= 0.3 is 0 Å². The van der Waals surface area contributed by atoms with Crippen LogP contribution in [0.25, 0.3) is 10.9 Å². The molecule has 0 saturated carbocycles. The SMILES string of the molecule is CN1C(=O)c2ccccc2C(C(=O)Nc2ccc3cc[nH]c3c2)C1c1ccccc1. The van der Waals surface area contributed by atoms with E-state index >= 15 is 0 Å². The number of nitrogens with one attached hydrogen (secondary N) is 2. The Kier molecular flexibility index (Phi) is 4.36. The molecule has 5 heteroatoms. The van der Waals surface area contributed by atoms with E-state index in [1.165, 1.54) is 0 Å². The van der Waals surface area contributed by atoms with Gasteiger partial charge in [-0.05, 0) is 40.8 Å². The van der Waals surface area contributed by atoms with Gasteiger partial charge in [-0.1, -0.05) is 54.6 Å². The number of anilines is 1. The van der Waals surface area contributed by atoms with Gasteiger partial charge in [0.25, 0.3) is 5.91 Å². The lowest BCUT2D eigenvalue weighted by atomic mass is 9.79. The molecule has 2 N–H and O–H groups in total. The number of carbonyl (C=O) groups is 2. The van der Waals surface area contributed by atoms with Crippen molar-refractivity contribution in [2.45, 2.75) is 12.0 Å². The molecule has 2 amide bonds. The number of H-pyrrole nitrogens is 1. The topological polar surface area (TPSA) is 65.2 Å². The smallest absolute Gasteiger partial charge is 0.254 e. The summed E-state index contributed by atoms with van der Waals surface area (Å²) in [5, 5.41) is 4.16. The molecule has 1 aliphatic heterocycles. The molecule has 3 aromatic carbocycles. The third-order valence-corrected chi connectivity index (χ3v) is 5.83. The Morgan fingerprint density at radius 3 is 2.57 bits per heavy atom. The maximum Gasteiger partial charge on any atom is 0.254 e. The second-order valence-electron chi connectivity index (χ2n) is 7.61. The van der Waals surface area contributed by atoms with Crippen LogP contribution < -0.4 is 5.32 Å². The molecule has 2 atom stereocenters. The lowest BCUT2D eigenvalue weighted by molar-refractivity contribution is -0.119. The number of fused-ring (bicyclic) bond motifs is 2. The van der Waals surface area contributed by atoms with Crippen LogP contribution in [0.2, 0.25) is 0 Å². The van der Waals surface area contributed by atoms with E-state index in [0.717, 1.165) is 27.7 Å². The van der Waals surface area contributed by atoms with Crippen LogP contribution in [-0.2, 0) is 4.79 Å². The van der Waals surface area contributed by atoms with Gasteiger partial charge in [-0.3, -0.25) is 9.59 Å². The number of likely N-dealkylation sites (N-methyl/N-ethyl adjacent to an activating group) is 1. The van der Waals surface area contributed by atoms with Crippen molar-refractivity contribution in [2.75, 3.05) is 12.4 Å². The fourth-order valence-electron chi connectivity index (χ4n) is 4.37. The van der Waals surface area contributed by atoms with Gasteiger partial charge in [0.05, 0.1) is 12.0 Å². The summed E-state index contributed by atoms with van der Waals surface area (Å²) in [6.45, 7) is 0. The third-order valence-electron chi connectivity index (χ3n) is 5.83. The Morgan fingerprint density at radius 2 is 1.73 bits per heavy atom. The van der Waals surface area contributed by atoms with E-state index in [2.05, 4.69) is 10.3 Å². The van der Waals surface area contributed by atoms with Crippen molar-refractivity contribution in [3.8, 4) is 0 Å². The standard InChI is InChI=1S/C25H21N3O2/c1-28-23(17-7-3-2-4-8-17)22(19-9-5-6-10-20(19)25(28)30)24(29)27-18-12-11-16-13-14-26-21(16)15-18/h2-15,22-23,26H,1H3,(H,27,29). The molecule has 0 bridgehead atoms. The van der Waals surface area contributed by atoms with Gasteiger partial charge in [-0.15, -0.1) is 0 Å². The molecule has 0 aliphatic carbocycles. The number of nitrogens with zero attached hydrogens (tertiary/aromatic N) is 1. The zero-order valence-corrected chi connectivity index (χ0v) is 16.5. The van der Waals surface area contributed by atoms with E-state index in [0.29, 0.717) is 5.56 Å². The number of aromatic amines is 1. The Hall–Kier alpha value is -3.86. The monoisotopic (exact) mass is 395 g/mol. The lowest BCUT2D eigenvalue weighted by Crippen LogP contribution is -2.44. The van der Waals surface area contributed by atoms with Crippen molar-refractivity contribution in [1.82, 2.24) is 9.88 Å². The van der Waals surface area contributed by atoms with Crippen molar-refractivity contribution in [2.24, 2.45) is 0 Å². The third kappa shape index (κ3) is 2.95. The Labute approximate surface area is 174 Å². The minimum absolute atomic E-state index is 0.0729. The number of carbonyl (C=O) groups excluding carboxylic acids is 2. The van der Waals surface area contributed by atoms with E-state index in [-0.39, 0.29) is 17.9 Å². The number of hydrogen-bond donors (Lipinski definition) is 2. The van der Waals surface area contributed by atoms with Crippen LogP contribution in [0, 0.1) is 0 Å². The maximum absolute atomic E-state index is 13.6. The molecule has 0 saturated heterocycles. The summed E-state index contributed by atoms with van der Waals surface area (Å²) in [7, 11) is 1.77. The van der Waals surface area contributed by atoms with Gasteiger partial charge in [-0.2, -0.15) is 0 Å². The molecule has 5 nitrogen and oxygen atoms in total. The molecule has 148 valence electrons. The van der Waals surface area contributed by atoms with Crippen molar-refractivity contribution < 1.29 is 9.59 Å². The highest BCUT2D eigenvalue weighted by Crippen LogP contribution is 2.42. The van der Waals surface area contributed by atoms with E-state index in [1.54, 1.807) is 18.0 Å². The molecule has 0 radical (unpaired) electrons. The first-order valence-electron chi connectivity index (χ1n) is 9.92. The summed E-state index contributed by atoms with van der Waals surface area (Å²) in [4.78, 5) is 31.5. The van der Waals surface area contributed by atoms with E-state index < -0.39 is 5.92 Å². The van der Waals surface area contributed by atoms with Gasteiger partial charge in [0.1, 0.15) is 0 Å². The largest absolute Gasteiger partial charge is 0.361 e. The predicted molar refractivity (Wildman–Crippen MR) is 117 cm³/mol. The van der Waals surface area contributed by atoms with Gasteiger partial charge in [-0.25, -0.2) is 0 Å². The normalized spacial score (nSPS) is 18.3. The second-order valence-corrected chi connectivity index (χ2v) is 7.61. The Bertz CT molecular complexity index is 1250. The highest BCUT2D eigenvalue weighted by atomic mass is 16.2. The summed E-state index contributed by atoms with van der Waals surface area (Å²) in [6.07, 6.45) is 1.87. The number of aromatic nitrogens is 1. The molecule has 2 unspecified atom stereocenters. The number of amides is 2. The van der Waals surface area contributed by atoms with Crippen LogP contribution in [0.1, 0.15) is 33.4 Å². The average Bonchev–Trinajstić information content (AvgIpc) is 3.24. The minimum atomic E-state index is -0.523. The summed E-state index contributed by atoms with van der Waals surface area (Å²) < 4.78 is 0. The molecule has 30 heavy (non-hydrogen) atoms. The predicted octanol–water partition coefficient (Wildman–Crippen LogP) is 4.72. The van der Waals surface area contributed by atoms with Crippen molar-refractivity contribution in [3.63, 3.8) is 0 Å². The van der Waals surface area contributed by atoms with E-state index in [4.69, 9.17) is 0 Å². The average molecular weight is 395 g/mol. The molecular weight excluding hydrogens is 374 g/mol. The van der Waals surface area contributed by atoms with Gasteiger partial charge in [0.15, 0.2) is 0 Å². The number of benzene rings is 3. The maximum atomic E-state index is 13.6. The fraction of sp³-hybridized carbons (Fsp3) is 0.120. The van der Waals surface area contributed by atoms with E-state index in [9.17, 15) is 9.59 Å². The number of rotatable bonds is 3. The molecule has 4 aromatic rings.